The minimum atomic E-state index is -0.483. The minimum absolute atomic E-state index is 0.242. The first-order chi connectivity index (χ1) is 17.1. The van der Waals surface area contributed by atoms with Crippen LogP contribution in [-0.4, -0.2) is 45.2 Å². The molecule has 0 saturated carbocycles. The zero-order valence-corrected chi connectivity index (χ0v) is 19.5. The fraction of sp³-hybridized carbons (Fsp3) is 0.269. The van der Waals surface area contributed by atoms with Gasteiger partial charge in [-0.2, -0.15) is 0 Å². The number of amides is 1. The molecule has 1 aromatic carbocycles. The van der Waals surface area contributed by atoms with E-state index in [-0.39, 0.29) is 6.10 Å². The average Bonchev–Trinajstić information content (AvgIpc) is 2.88. The number of aromatic nitrogens is 4. The first kappa shape index (κ1) is 22.5. The summed E-state index contributed by atoms with van der Waals surface area (Å²) in [5.41, 5.74) is 3.82. The molecule has 1 aliphatic heterocycles. The van der Waals surface area contributed by atoms with E-state index in [0.717, 1.165) is 36.1 Å². The molecule has 5 rings (SSSR count). The van der Waals surface area contributed by atoms with Gasteiger partial charge in [0.25, 0.3) is 0 Å². The Hall–Kier alpha value is -4.27. The van der Waals surface area contributed by atoms with Crippen molar-refractivity contribution in [2.75, 3.05) is 28.6 Å². The second-order valence-electron chi connectivity index (χ2n) is 8.58. The molecule has 35 heavy (non-hydrogen) atoms. The molecule has 0 bridgehead atoms. The number of aryl methyl sites for hydroxylation is 1. The molecule has 1 atom stereocenters. The van der Waals surface area contributed by atoms with Crippen molar-refractivity contribution in [3.8, 4) is 0 Å². The lowest BCUT2D eigenvalue weighted by Crippen LogP contribution is -2.41. The third-order valence-electron chi connectivity index (χ3n) is 5.92. The molecule has 3 aromatic heterocycles. The first-order valence-electron chi connectivity index (χ1n) is 11.7. The summed E-state index contributed by atoms with van der Waals surface area (Å²) >= 11 is 0. The number of piperidine rings is 1. The van der Waals surface area contributed by atoms with E-state index >= 15 is 0 Å². The second kappa shape index (κ2) is 10.3. The van der Waals surface area contributed by atoms with Gasteiger partial charge in [0, 0.05) is 31.7 Å². The Bertz CT molecular complexity index is 1300. The van der Waals surface area contributed by atoms with Gasteiger partial charge in [-0.05, 0) is 43.5 Å². The number of pyridine rings is 2. The molecule has 0 aliphatic carbocycles. The van der Waals surface area contributed by atoms with Crippen LogP contribution >= 0.6 is 0 Å². The standard InChI is InChI=1S/C26H27N7O2/c1-18-6-8-19(9-7-18)14-29-25-30-16-22-23(32-25)10-12-28-24(22)33-13-3-5-21(17-33)35-26(34)31-20-4-2-11-27-15-20/h2,4,6-12,15-16,21H,3,5,13-14,17H2,1H3,(H,31,34)(H,29,30,32). The van der Waals surface area contributed by atoms with Crippen LogP contribution in [0.4, 0.5) is 22.2 Å². The third-order valence-corrected chi connectivity index (χ3v) is 5.92. The lowest BCUT2D eigenvalue weighted by Gasteiger charge is -2.33. The van der Waals surface area contributed by atoms with Gasteiger partial charge in [-0.25, -0.2) is 19.7 Å². The highest BCUT2D eigenvalue weighted by atomic mass is 16.6. The number of anilines is 3. The maximum absolute atomic E-state index is 12.3. The number of benzene rings is 1. The number of rotatable bonds is 6. The Morgan fingerprint density at radius 3 is 2.83 bits per heavy atom. The molecule has 9 nitrogen and oxygen atoms in total. The molecule has 1 unspecified atom stereocenters. The van der Waals surface area contributed by atoms with Crippen molar-refractivity contribution in [3.05, 3.63) is 78.4 Å². The first-order valence-corrected chi connectivity index (χ1v) is 11.7. The van der Waals surface area contributed by atoms with E-state index in [4.69, 9.17) is 4.74 Å². The highest BCUT2D eigenvalue weighted by Gasteiger charge is 2.25. The van der Waals surface area contributed by atoms with Gasteiger partial charge in [0.2, 0.25) is 5.95 Å². The summed E-state index contributed by atoms with van der Waals surface area (Å²) in [5, 5.41) is 6.89. The van der Waals surface area contributed by atoms with Crippen molar-refractivity contribution >= 4 is 34.4 Å². The van der Waals surface area contributed by atoms with E-state index in [9.17, 15) is 4.79 Å². The SMILES string of the molecule is Cc1ccc(CNc2ncc3c(N4CCCC(OC(=O)Nc5cccnc5)C4)nccc3n2)cc1. The van der Waals surface area contributed by atoms with Crippen molar-refractivity contribution < 1.29 is 9.53 Å². The number of ether oxygens (including phenoxy) is 1. The van der Waals surface area contributed by atoms with Crippen LogP contribution in [0.25, 0.3) is 10.9 Å². The second-order valence-corrected chi connectivity index (χ2v) is 8.58. The van der Waals surface area contributed by atoms with Gasteiger partial charge < -0.3 is 15.0 Å². The van der Waals surface area contributed by atoms with Crippen molar-refractivity contribution in [2.24, 2.45) is 0 Å². The summed E-state index contributed by atoms with van der Waals surface area (Å²) in [7, 11) is 0. The van der Waals surface area contributed by atoms with Crippen molar-refractivity contribution in [1.29, 1.82) is 0 Å². The summed E-state index contributed by atoms with van der Waals surface area (Å²) in [6, 6.07) is 13.8. The van der Waals surface area contributed by atoms with Crippen molar-refractivity contribution in [1.82, 2.24) is 19.9 Å². The third kappa shape index (κ3) is 5.63. The van der Waals surface area contributed by atoms with Crippen LogP contribution in [0.15, 0.2) is 67.3 Å². The predicted octanol–water partition coefficient (Wildman–Crippen LogP) is 4.56. The fourth-order valence-electron chi connectivity index (χ4n) is 4.13. The number of fused-ring (bicyclic) bond motifs is 1. The lowest BCUT2D eigenvalue weighted by molar-refractivity contribution is 0.100. The Labute approximate surface area is 203 Å². The van der Waals surface area contributed by atoms with Crippen LogP contribution in [0.1, 0.15) is 24.0 Å². The van der Waals surface area contributed by atoms with E-state index in [2.05, 4.69) is 66.7 Å². The van der Waals surface area contributed by atoms with Gasteiger partial charge in [0.1, 0.15) is 11.9 Å². The minimum Gasteiger partial charge on any atom is -0.444 e. The van der Waals surface area contributed by atoms with Crippen LogP contribution < -0.4 is 15.5 Å². The number of hydrogen-bond donors (Lipinski definition) is 2. The van der Waals surface area contributed by atoms with E-state index in [0.29, 0.717) is 24.7 Å². The zero-order chi connectivity index (χ0) is 24.0. The van der Waals surface area contributed by atoms with Gasteiger partial charge in [0.15, 0.2) is 0 Å². The molecule has 1 amide bonds. The van der Waals surface area contributed by atoms with Crippen LogP contribution in [0.2, 0.25) is 0 Å². The quantitative estimate of drug-likeness (QED) is 0.424. The van der Waals surface area contributed by atoms with Gasteiger partial charge in [0.05, 0.1) is 29.3 Å². The highest BCUT2D eigenvalue weighted by molar-refractivity contribution is 5.89. The van der Waals surface area contributed by atoms with E-state index in [1.807, 2.05) is 12.3 Å². The van der Waals surface area contributed by atoms with E-state index in [1.165, 1.54) is 11.1 Å². The van der Waals surface area contributed by atoms with Gasteiger partial charge in [-0.1, -0.05) is 29.8 Å². The molecular weight excluding hydrogens is 442 g/mol. The van der Waals surface area contributed by atoms with Crippen LogP contribution in [0, 0.1) is 6.92 Å². The monoisotopic (exact) mass is 469 g/mol. The Morgan fingerprint density at radius 1 is 1.11 bits per heavy atom. The van der Waals surface area contributed by atoms with Crippen LogP contribution in [0.5, 0.6) is 0 Å². The normalized spacial score (nSPS) is 15.6. The molecular formula is C26H27N7O2. The molecule has 1 fully saturated rings. The summed E-state index contributed by atoms with van der Waals surface area (Å²) in [4.78, 5) is 32.3. The van der Waals surface area contributed by atoms with Crippen LogP contribution in [0.3, 0.4) is 0 Å². The Morgan fingerprint density at radius 2 is 2.00 bits per heavy atom. The van der Waals surface area contributed by atoms with Gasteiger partial charge in [-0.15, -0.1) is 0 Å². The number of carbonyl (C=O) groups is 1. The number of carbonyl (C=O) groups excluding carboxylic acids is 1. The van der Waals surface area contributed by atoms with Crippen molar-refractivity contribution in [2.45, 2.75) is 32.4 Å². The Kier molecular flexibility index (Phi) is 6.65. The van der Waals surface area contributed by atoms with Gasteiger partial charge >= 0.3 is 6.09 Å². The maximum Gasteiger partial charge on any atom is 0.412 e. The molecule has 1 aliphatic rings. The topological polar surface area (TPSA) is 105 Å². The molecule has 1 saturated heterocycles. The summed E-state index contributed by atoms with van der Waals surface area (Å²) in [6.45, 7) is 4.10. The average molecular weight is 470 g/mol. The van der Waals surface area contributed by atoms with Crippen LogP contribution in [-0.2, 0) is 11.3 Å². The fourth-order valence-corrected chi connectivity index (χ4v) is 4.13. The van der Waals surface area contributed by atoms with E-state index < -0.39 is 6.09 Å². The van der Waals surface area contributed by atoms with E-state index in [1.54, 1.807) is 30.7 Å². The smallest absolute Gasteiger partial charge is 0.412 e. The largest absolute Gasteiger partial charge is 0.444 e. The predicted molar refractivity (Wildman–Crippen MR) is 135 cm³/mol. The molecule has 0 spiro atoms. The van der Waals surface area contributed by atoms with Crippen molar-refractivity contribution in [3.63, 3.8) is 0 Å². The summed E-state index contributed by atoms with van der Waals surface area (Å²) in [6.07, 6.45) is 7.76. The molecule has 2 N–H and O–H groups in total. The number of hydrogen-bond acceptors (Lipinski definition) is 8. The highest BCUT2D eigenvalue weighted by Crippen LogP contribution is 2.27. The Balaban J connectivity index is 1.25. The molecule has 178 valence electrons. The molecule has 9 heteroatoms. The molecule has 0 radical (unpaired) electrons. The summed E-state index contributed by atoms with van der Waals surface area (Å²) in [5.74, 6) is 1.37. The van der Waals surface area contributed by atoms with Gasteiger partial charge in [-0.3, -0.25) is 10.3 Å². The number of nitrogens with one attached hydrogen (secondary N) is 2. The zero-order valence-electron chi connectivity index (χ0n) is 19.5. The lowest BCUT2D eigenvalue weighted by atomic mass is 10.1. The summed E-state index contributed by atoms with van der Waals surface area (Å²) < 4.78 is 5.67. The molecule has 4 heterocycles. The maximum atomic E-state index is 12.3. The number of nitrogens with zero attached hydrogens (tertiary/aromatic N) is 5. The molecule has 4 aromatic rings.